The molecule has 0 saturated heterocycles. The molecule has 134 valence electrons. The van der Waals surface area contributed by atoms with Crippen LogP contribution < -0.4 is 4.90 Å². The first kappa shape index (κ1) is 19.2. The van der Waals surface area contributed by atoms with Crippen molar-refractivity contribution >= 4 is 11.6 Å². The van der Waals surface area contributed by atoms with E-state index in [0.29, 0.717) is 19.6 Å². The Labute approximate surface area is 151 Å². The Bertz CT molecular complexity index is 680. The zero-order valence-corrected chi connectivity index (χ0v) is 15.8. The molecule has 0 fully saturated rings. The van der Waals surface area contributed by atoms with E-state index < -0.39 is 0 Å². The minimum absolute atomic E-state index is 0.137. The molecule has 0 N–H and O–H groups in total. The summed E-state index contributed by atoms with van der Waals surface area (Å²) in [6.45, 7) is 9.43. The Morgan fingerprint density at radius 1 is 1.08 bits per heavy atom. The standard InChI is InChI=1S/C22H29NO2/c1-17(2)23(21-15-18(3)12-13-19(21)4)22(24)11-8-14-25-16-20-9-6-5-7-10-20/h5-7,9-10,12-13,15,17H,8,11,14,16H2,1-4H3. The van der Waals surface area contributed by atoms with E-state index in [0.717, 1.165) is 23.2 Å². The lowest BCUT2D eigenvalue weighted by Gasteiger charge is -2.29. The van der Waals surface area contributed by atoms with Crippen molar-refractivity contribution < 1.29 is 9.53 Å². The molecule has 0 bridgehead atoms. The number of carbonyl (C=O) groups is 1. The topological polar surface area (TPSA) is 29.5 Å². The molecule has 0 heterocycles. The van der Waals surface area contributed by atoms with Crippen LogP contribution in [0, 0.1) is 13.8 Å². The number of anilines is 1. The van der Waals surface area contributed by atoms with E-state index in [1.165, 1.54) is 5.56 Å². The highest BCUT2D eigenvalue weighted by molar-refractivity contribution is 5.94. The van der Waals surface area contributed by atoms with Gasteiger partial charge in [0.1, 0.15) is 0 Å². The van der Waals surface area contributed by atoms with E-state index in [4.69, 9.17) is 4.74 Å². The number of hydrogen-bond donors (Lipinski definition) is 0. The third-order valence-electron chi connectivity index (χ3n) is 4.20. The van der Waals surface area contributed by atoms with Crippen LogP contribution in [0.4, 0.5) is 5.69 Å². The average molecular weight is 339 g/mol. The summed E-state index contributed by atoms with van der Waals surface area (Å²) >= 11 is 0. The van der Waals surface area contributed by atoms with Crippen molar-refractivity contribution in [3.05, 3.63) is 65.2 Å². The van der Waals surface area contributed by atoms with Gasteiger partial charge in [-0.05, 0) is 56.9 Å². The maximum Gasteiger partial charge on any atom is 0.227 e. The number of amides is 1. The third kappa shape index (κ3) is 5.71. The quantitative estimate of drug-likeness (QED) is 0.630. The molecule has 0 aliphatic rings. The molecule has 3 nitrogen and oxygen atoms in total. The van der Waals surface area contributed by atoms with Gasteiger partial charge in [-0.15, -0.1) is 0 Å². The fraction of sp³-hybridized carbons (Fsp3) is 0.409. The molecule has 0 saturated carbocycles. The maximum atomic E-state index is 12.8. The van der Waals surface area contributed by atoms with E-state index >= 15 is 0 Å². The number of hydrogen-bond acceptors (Lipinski definition) is 2. The lowest BCUT2D eigenvalue weighted by molar-refractivity contribution is -0.119. The van der Waals surface area contributed by atoms with E-state index in [-0.39, 0.29) is 11.9 Å². The van der Waals surface area contributed by atoms with E-state index in [1.807, 2.05) is 35.2 Å². The van der Waals surface area contributed by atoms with Crippen molar-refractivity contribution in [1.82, 2.24) is 0 Å². The number of carbonyl (C=O) groups excluding carboxylic acids is 1. The monoisotopic (exact) mass is 339 g/mol. The molecule has 25 heavy (non-hydrogen) atoms. The molecule has 0 aliphatic carbocycles. The molecule has 0 spiro atoms. The highest BCUT2D eigenvalue weighted by Crippen LogP contribution is 2.24. The molecule has 3 heteroatoms. The van der Waals surface area contributed by atoms with Gasteiger partial charge in [0, 0.05) is 24.8 Å². The summed E-state index contributed by atoms with van der Waals surface area (Å²) in [4.78, 5) is 14.7. The van der Waals surface area contributed by atoms with Gasteiger partial charge in [-0.3, -0.25) is 4.79 Å². The summed E-state index contributed by atoms with van der Waals surface area (Å²) in [5.41, 5.74) is 4.48. The maximum absolute atomic E-state index is 12.8. The van der Waals surface area contributed by atoms with Crippen molar-refractivity contribution in [2.45, 2.75) is 53.2 Å². The number of ether oxygens (including phenoxy) is 1. The van der Waals surface area contributed by atoms with Crippen LogP contribution >= 0.6 is 0 Å². The predicted molar refractivity (Wildman–Crippen MR) is 104 cm³/mol. The van der Waals surface area contributed by atoms with Gasteiger partial charge in [0.2, 0.25) is 5.91 Å². The lowest BCUT2D eigenvalue weighted by Crippen LogP contribution is -2.37. The first-order chi connectivity index (χ1) is 12.0. The van der Waals surface area contributed by atoms with Crippen LogP contribution in [0.5, 0.6) is 0 Å². The predicted octanol–water partition coefficient (Wildman–Crippen LogP) is 5.04. The van der Waals surface area contributed by atoms with Gasteiger partial charge in [0.05, 0.1) is 6.61 Å². The van der Waals surface area contributed by atoms with Crippen LogP contribution in [0.2, 0.25) is 0 Å². The summed E-state index contributed by atoms with van der Waals surface area (Å²) in [7, 11) is 0. The Morgan fingerprint density at radius 3 is 2.48 bits per heavy atom. The fourth-order valence-corrected chi connectivity index (χ4v) is 2.89. The number of nitrogens with zero attached hydrogens (tertiary/aromatic N) is 1. The van der Waals surface area contributed by atoms with Gasteiger partial charge in [-0.1, -0.05) is 42.5 Å². The molecule has 0 atom stereocenters. The van der Waals surface area contributed by atoms with Gasteiger partial charge >= 0.3 is 0 Å². The van der Waals surface area contributed by atoms with Crippen LogP contribution in [-0.4, -0.2) is 18.6 Å². The molecule has 1 amide bonds. The largest absolute Gasteiger partial charge is 0.377 e. The smallest absolute Gasteiger partial charge is 0.227 e. The Kier molecular flexibility index (Phi) is 7.20. The minimum Gasteiger partial charge on any atom is -0.377 e. The van der Waals surface area contributed by atoms with E-state index in [2.05, 4.69) is 45.9 Å². The van der Waals surface area contributed by atoms with Gasteiger partial charge < -0.3 is 9.64 Å². The van der Waals surface area contributed by atoms with Crippen molar-refractivity contribution in [2.24, 2.45) is 0 Å². The first-order valence-corrected chi connectivity index (χ1v) is 9.00. The second-order valence-electron chi connectivity index (χ2n) is 6.79. The third-order valence-corrected chi connectivity index (χ3v) is 4.20. The van der Waals surface area contributed by atoms with Crippen molar-refractivity contribution in [3.63, 3.8) is 0 Å². The molecular formula is C22H29NO2. The number of aryl methyl sites for hydroxylation is 2. The zero-order chi connectivity index (χ0) is 18.2. The molecule has 0 aromatic heterocycles. The van der Waals surface area contributed by atoms with Crippen LogP contribution in [0.3, 0.4) is 0 Å². The Hall–Kier alpha value is -2.13. The minimum atomic E-state index is 0.137. The summed E-state index contributed by atoms with van der Waals surface area (Å²) < 4.78 is 5.69. The van der Waals surface area contributed by atoms with Gasteiger partial charge in [-0.25, -0.2) is 0 Å². The molecular weight excluding hydrogens is 310 g/mol. The highest BCUT2D eigenvalue weighted by atomic mass is 16.5. The van der Waals surface area contributed by atoms with E-state index in [1.54, 1.807) is 0 Å². The summed E-state index contributed by atoms with van der Waals surface area (Å²) in [5.74, 6) is 0.159. The second kappa shape index (κ2) is 9.38. The van der Waals surface area contributed by atoms with Crippen molar-refractivity contribution in [2.75, 3.05) is 11.5 Å². The molecule has 2 aromatic carbocycles. The highest BCUT2D eigenvalue weighted by Gasteiger charge is 2.20. The normalized spacial score (nSPS) is 10.9. The van der Waals surface area contributed by atoms with Crippen LogP contribution in [-0.2, 0) is 16.1 Å². The Balaban J connectivity index is 1.87. The lowest BCUT2D eigenvalue weighted by atomic mass is 10.1. The average Bonchev–Trinajstić information content (AvgIpc) is 2.58. The van der Waals surface area contributed by atoms with Crippen LogP contribution in [0.1, 0.15) is 43.4 Å². The first-order valence-electron chi connectivity index (χ1n) is 9.00. The zero-order valence-electron chi connectivity index (χ0n) is 15.8. The van der Waals surface area contributed by atoms with Crippen LogP contribution in [0.15, 0.2) is 48.5 Å². The fourth-order valence-electron chi connectivity index (χ4n) is 2.89. The van der Waals surface area contributed by atoms with Gasteiger partial charge in [0.25, 0.3) is 0 Å². The SMILES string of the molecule is Cc1ccc(C)c(N(C(=O)CCCOCc2ccccc2)C(C)C)c1. The second-order valence-corrected chi connectivity index (χ2v) is 6.79. The van der Waals surface area contributed by atoms with Crippen molar-refractivity contribution in [1.29, 1.82) is 0 Å². The summed E-state index contributed by atoms with van der Waals surface area (Å²) in [6.07, 6.45) is 1.24. The van der Waals surface area contributed by atoms with E-state index in [9.17, 15) is 4.79 Å². The molecule has 2 aromatic rings. The molecule has 0 radical (unpaired) electrons. The Morgan fingerprint density at radius 2 is 1.80 bits per heavy atom. The molecule has 0 unspecified atom stereocenters. The van der Waals surface area contributed by atoms with Gasteiger partial charge in [0.15, 0.2) is 0 Å². The van der Waals surface area contributed by atoms with Gasteiger partial charge in [-0.2, -0.15) is 0 Å². The molecule has 2 rings (SSSR count). The number of rotatable bonds is 8. The van der Waals surface area contributed by atoms with Crippen LogP contribution in [0.25, 0.3) is 0 Å². The number of benzene rings is 2. The summed E-state index contributed by atoms with van der Waals surface area (Å²) in [5, 5.41) is 0. The summed E-state index contributed by atoms with van der Waals surface area (Å²) in [6, 6.07) is 16.5. The van der Waals surface area contributed by atoms with Crippen molar-refractivity contribution in [3.8, 4) is 0 Å². The molecule has 0 aliphatic heterocycles.